The molecule has 0 bridgehead atoms. The molecule has 0 radical (unpaired) electrons. The van der Waals surface area contributed by atoms with Gasteiger partial charge in [0.05, 0.1) is 12.8 Å². The largest absolute Gasteiger partial charge is 0.469 e. The van der Waals surface area contributed by atoms with Crippen LogP contribution in [0.4, 0.5) is 0 Å². The van der Waals surface area contributed by atoms with Crippen LogP contribution in [0.25, 0.3) is 0 Å². The van der Waals surface area contributed by atoms with Crippen molar-refractivity contribution in [2.75, 3.05) is 39.9 Å². The topological polar surface area (TPSA) is 50.0 Å². The lowest BCUT2D eigenvalue weighted by molar-refractivity contribution is 0.0610. The molecule has 0 spiro atoms. The molecular weight excluding hydrogens is 290 g/mol. The van der Waals surface area contributed by atoms with Gasteiger partial charge in [0, 0.05) is 39.8 Å². The van der Waals surface area contributed by atoms with Crippen LogP contribution in [0.5, 0.6) is 0 Å². The van der Waals surface area contributed by atoms with Crippen LogP contribution in [-0.2, 0) is 11.2 Å². The molecule has 0 aliphatic carbocycles. The van der Waals surface area contributed by atoms with Crippen molar-refractivity contribution in [3.8, 4) is 0 Å². The number of furan rings is 1. The Morgan fingerprint density at radius 1 is 1.43 bits per heavy atom. The Labute approximate surface area is 139 Å². The Balaban J connectivity index is 1.86. The molecule has 1 saturated heterocycles. The van der Waals surface area contributed by atoms with Gasteiger partial charge in [0.25, 0.3) is 0 Å². The van der Waals surface area contributed by atoms with Gasteiger partial charge in [-0.15, -0.1) is 0 Å². The van der Waals surface area contributed by atoms with E-state index < -0.39 is 0 Å². The van der Waals surface area contributed by atoms with Crippen LogP contribution in [0.1, 0.15) is 25.5 Å². The fraction of sp³-hybridized carbons (Fsp3) is 0.611. The predicted octanol–water partition coefficient (Wildman–Crippen LogP) is 2.70. The predicted molar refractivity (Wildman–Crippen MR) is 93.7 cm³/mol. The summed E-state index contributed by atoms with van der Waals surface area (Å²) in [7, 11) is 2.10. The van der Waals surface area contributed by atoms with Crippen molar-refractivity contribution in [1.82, 2.24) is 10.2 Å². The molecule has 1 N–H and O–H groups in total. The fourth-order valence-electron chi connectivity index (χ4n) is 2.68. The lowest BCUT2D eigenvalue weighted by atomic mass is 10.00. The Bertz CT molecular complexity index is 490. The van der Waals surface area contributed by atoms with Crippen molar-refractivity contribution in [2.45, 2.75) is 26.2 Å². The molecular formula is C18H29N3O2. The van der Waals surface area contributed by atoms with Crippen LogP contribution in [0, 0.1) is 5.92 Å². The number of rotatable bonds is 7. The number of ether oxygens (including phenoxy) is 1. The molecule has 5 heteroatoms. The first-order valence-electron chi connectivity index (χ1n) is 8.39. The molecule has 2 rings (SSSR count). The van der Waals surface area contributed by atoms with Gasteiger partial charge in [-0.3, -0.25) is 0 Å². The first kappa shape index (κ1) is 17.6. The summed E-state index contributed by atoms with van der Waals surface area (Å²) >= 11 is 0. The molecule has 0 atom stereocenters. The second-order valence-electron chi connectivity index (χ2n) is 6.29. The van der Waals surface area contributed by atoms with Crippen molar-refractivity contribution < 1.29 is 9.15 Å². The zero-order chi connectivity index (χ0) is 16.5. The highest BCUT2D eigenvalue weighted by molar-refractivity contribution is 5.79. The molecule has 5 nitrogen and oxygen atoms in total. The van der Waals surface area contributed by atoms with E-state index in [1.807, 2.05) is 19.1 Å². The van der Waals surface area contributed by atoms with Gasteiger partial charge in [-0.05, 0) is 37.8 Å². The van der Waals surface area contributed by atoms with Gasteiger partial charge >= 0.3 is 0 Å². The number of hydrogen-bond donors (Lipinski definition) is 1. The normalized spacial score (nSPS) is 16.3. The van der Waals surface area contributed by atoms with Gasteiger partial charge in [0.15, 0.2) is 5.96 Å². The average Bonchev–Trinajstić information content (AvgIpc) is 3.04. The van der Waals surface area contributed by atoms with E-state index in [2.05, 4.69) is 28.8 Å². The second-order valence-corrected chi connectivity index (χ2v) is 6.29. The van der Waals surface area contributed by atoms with Crippen molar-refractivity contribution in [2.24, 2.45) is 10.9 Å². The summed E-state index contributed by atoms with van der Waals surface area (Å²) in [5.74, 6) is 2.60. The molecule has 0 saturated carbocycles. The summed E-state index contributed by atoms with van der Waals surface area (Å²) in [5, 5.41) is 3.45. The van der Waals surface area contributed by atoms with E-state index in [4.69, 9.17) is 9.15 Å². The van der Waals surface area contributed by atoms with Crippen molar-refractivity contribution in [3.63, 3.8) is 0 Å². The molecule has 2 heterocycles. The molecule has 1 aromatic rings. The third kappa shape index (κ3) is 6.48. The van der Waals surface area contributed by atoms with Crippen LogP contribution in [0.2, 0.25) is 0 Å². The van der Waals surface area contributed by atoms with Gasteiger partial charge in [0.1, 0.15) is 5.76 Å². The summed E-state index contributed by atoms with van der Waals surface area (Å²) in [6, 6.07) is 3.92. The van der Waals surface area contributed by atoms with Gasteiger partial charge in [-0.25, -0.2) is 4.99 Å². The Hall–Kier alpha value is -1.75. The third-order valence-electron chi connectivity index (χ3n) is 3.97. The quantitative estimate of drug-likeness (QED) is 0.477. The standard InChI is InChI=1S/C18H29N3O2/c1-15(2)13-20-18(19-9-6-17-5-4-10-23-17)21(3)14-16-7-11-22-12-8-16/h4-5,10,16H,1,6-9,11-14H2,2-3H3,(H,19,20). The highest BCUT2D eigenvalue weighted by atomic mass is 16.5. The fourth-order valence-corrected chi connectivity index (χ4v) is 2.68. The number of nitrogens with one attached hydrogen (secondary N) is 1. The maximum Gasteiger partial charge on any atom is 0.194 e. The van der Waals surface area contributed by atoms with Crippen LogP contribution in [-0.4, -0.2) is 50.8 Å². The van der Waals surface area contributed by atoms with Gasteiger partial charge < -0.3 is 19.4 Å². The Kier molecular flexibility index (Phi) is 7.20. The SMILES string of the molecule is C=C(C)CN=C(NCCc1ccco1)N(C)CC1CCOCC1. The maximum absolute atomic E-state index is 5.44. The molecule has 0 amide bonds. The van der Waals surface area contributed by atoms with E-state index in [9.17, 15) is 0 Å². The molecule has 1 aliphatic rings. The second kappa shape index (κ2) is 9.40. The van der Waals surface area contributed by atoms with E-state index in [0.29, 0.717) is 12.5 Å². The lowest BCUT2D eigenvalue weighted by Crippen LogP contribution is -2.43. The number of nitrogens with zero attached hydrogens (tertiary/aromatic N) is 2. The van der Waals surface area contributed by atoms with Crippen LogP contribution in [0.3, 0.4) is 0 Å². The lowest BCUT2D eigenvalue weighted by Gasteiger charge is -2.29. The van der Waals surface area contributed by atoms with Crippen LogP contribution in [0.15, 0.2) is 40.0 Å². The molecule has 0 unspecified atom stereocenters. The van der Waals surface area contributed by atoms with Gasteiger partial charge in [-0.1, -0.05) is 12.2 Å². The number of hydrogen-bond acceptors (Lipinski definition) is 3. The van der Waals surface area contributed by atoms with Crippen molar-refractivity contribution >= 4 is 5.96 Å². The van der Waals surface area contributed by atoms with Crippen LogP contribution >= 0.6 is 0 Å². The molecule has 1 fully saturated rings. The number of guanidine groups is 1. The van der Waals surface area contributed by atoms with E-state index in [1.54, 1.807) is 6.26 Å². The highest BCUT2D eigenvalue weighted by Gasteiger charge is 2.17. The summed E-state index contributed by atoms with van der Waals surface area (Å²) in [5.41, 5.74) is 1.06. The van der Waals surface area contributed by atoms with E-state index >= 15 is 0 Å². The van der Waals surface area contributed by atoms with Crippen molar-refractivity contribution in [1.29, 1.82) is 0 Å². The van der Waals surface area contributed by atoms with E-state index in [0.717, 1.165) is 62.9 Å². The Morgan fingerprint density at radius 3 is 2.87 bits per heavy atom. The molecule has 23 heavy (non-hydrogen) atoms. The minimum atomic E-state index is 0.654. The van der Waals surface area contributed by atoms with Crippen LogP contribution < -0.4 is 5.32 Å². The van der Waals surface area contributed by atoms with E-state index in [1.165, 1.54) is 0 Å². The van der Waals surface area contributed by atoms with Gasteiger partial charge in [0.2, 0.25) is 0 Å². The molecule has 0 aromatic carbocycles. The first-order chi connectivity index (χ1) is 11.1. The monoisotopic (exact) mass is 319 g/mol. The zero-order valence-corrected chi connectivity index (χ0v) is 14.4. The molecule has 1 aromatic heterocycles. The minimum absolute atomic E-state index is 0.654. The summed E-state index contributed by atoms with van der Waals surface area (Å²) in [6.45, 7) is 10.2. The van der Waals surface area contributed by atoms with E-state index in [-0.39, 0.29) is 0 Å². The highest BCUT2D eigenvalue weighted by Crippen LogP contribution is 2.15. The smallest absolute Gasteiger partial charge is 0.194 e. The minimum Gasteiger partial charge on any atom is -0.469 e. The number of aliphatic imine (C=N–C) groups is 1. The third-order valence-corrected chi connectivity index (χ3v) is 3.97. The summed E-state index contributed by atoms with van der Waals surface area (Å²) < 4.78 is 10.8. The first-order valence-corrected chi connectivity index (χ1v) is 8.39. The Morgan fingerprint density at radius 2 is 2.22 bits per heavy atom. The maximum atomic E-state index is 5.44. The summed E-state index contributed by atoms with van der Waals surface area (Å²) in [4.78, 5) is 6.90. The average molecular weight is 319 g/mol. The zero-order valence-electron chi connectivity index (χ0n) is 14.4. The van der Waals surface area contributed by atoms with Gasteiger partial charge in [-0.2, -0.15) is 0 Å². The summed E-state index contributed by atoms with van der Waals surface area (Å²) in [6.07, 6.45) is 4.82. The molecule has 1 aliphatic heterocycles. The molecule has 128 valence electrons. The van der Waals surface area contributed by atoms with Crippen molar-refractivity contribution in [3.05, 3.63) is 36.3 Å².